The molecule has 1 saturated carbocycles. The Hall–Kier alpha value is -2.60. The van der Waals surface area contributed by atoms with E-state index in [1.54, 1.807) is 19.3 Å². The van der Waals surface area contributed by atoms with Crippen molar-refractivity contribution in [3.63, 3.8) is 0 Å². The number of oxazole rings is 1. The van der Waals surface area contributed by atoms with Gasteiger partial charge in [0.1, 0.15) is 11.6 Å². The molecule has 6 nitrogen and oxygen atoms in total. The average molecular weight is 385 g/mol. The van der Waals surface area contributed by atoms with Gasteiger partial charge in [-0.2, -0.15) is 0 Å². The summed E-state index contributed by atoms with van der Waals surface area (Å²) in [7, 11) is 0. The Labute approximate surface area is 173 Å². The van der Waals surface area contributed by atoms with Crippen LogP contribution in [0.3, 0.4) is 0 Å². The zero-order chi connectivity index (χ0) is 24.7. The number of aryl methyl sites for hydroxylation is 1. The number of benzene rings is 1. The summed E-state index contributed by atoms with van der Waals surface area (Å²) in [6.07, 6.45) is 4.96. The number of Topliss-reactive ketones (excluding diaryl/α,β-unsaturated/α-hetero) is 1. The number of nitrogens with zero attached hydrogens (tertiary/aromatic N) is 4. The van der Waals surface area contributed by atoms with Gasteiger partial charge in [0.05, 0.1) is 18.1 Å². The van der Waals surface area contributed by atoms with Crippen molar-refractivity contribution in [2.24, 2.45) is 5.92 Å². The standard InChI is InChI=1S/C22H26N4O2/c1-14-23-13-21(28-14)16-4-5-17-12-24-22(25-19(17)10-16)11-20(27)15-6-8-18(9-7-15)26(2)3/h4-5,10,12-13,15,18H,6-9,11H2,1-3H3/i2D3,3D3. The highest BCUT2D eigenvalue weighted by Crippen LogP contribution is 2.28. The number of carbonyl (C=O) groups excluding carboxylic acids is 1. The molecular formula is C22H26N4O2. The topological polar surface area (TPSA) is 72.1 Å². The zero-order valence-corrected chi connectivity index (χ0v) is 15.7. The van der Waals surface area contributed by atoms with Crippen LogP contribution < -0.4 is 0 Å². The molecule has 0 bridgehead atoms. The van der Waals surface area contributed by atoms with Crippen LogP contribution in [-0.2, 0) is 11.2 Å². The summed E-state index contributed by atoms with van der Waals surface area (Å²) in [6.45, 7) is -3.66. The molecule has 0 unspecified atom stereocenters. The van der Waals surface area contributed by atoms with Gasteiger partial charge in [0.15, 0.2) is 11.7 Å². The maximum Gasteiger partial charge on any atom is 0.191 e. The Morgan fingerprint density at radius 3 is 2.75 bits per heavy atom. The summed E-state index contributed by atoms with van der Waals surface area (Å²) in [5.41, 5.74) is 1.52. The van der Waals surface area contributed by atoms with Crippen LogP contribution in [0.2, 0.25) is 0 Å². The molecule has 0 saturated heterocycles. The van der Waals surface area contributed by atoms with Gasteiger partial charge >= 0.3 is 0 Å². The van der Waals surface area contributed by atoms with Gasteiger partial charge in [-0.1, -0.05) is 12.1 Å². The molecule has 28 heavy (non-hydrogen) atoms. The molecule has 0 spiro atoms. The van der Waals surface area contributed by atoms with Crippen LogP contribution in [-0.4, -0.2) is 45.6 Å². The first-order valence-corrected chi connectivity index (χ1v) is 9.42. The van der Waals surface area contributed by atoms with E-state index in [0.29, 0.717) is 53.6 Å². The second-order valence-electron chi connectivity index (χ2n) is 7.32. The van der Waals surface area contributed by atoms with Crippen LogP contribution in [0.4, 0.5) is 0 Å². The minimum Gasteiger partial charge on any atom is -0.441 e. The van der Waals surface area contributed by atoms with E-state index >= 15 is 0 Å². The summed E-state index contributed by atoms with van der Waals surface area (Å²) < 4.78 is 51.2. The van der Waals surface area contributed by atoms with Crippen LogP contribution in [0, 0.1) is 12.8 Å². The molecule has 0 aliphatic heterocycles. The van der Waals surface area contributed by atoms with E-state index in [2.05, 4.69) is 15.0 Å². The smallest absolute Gasteiger partial charge is 0.191 e. The first kappa shape index (κ1) is 12.8. The molecule has 6 heteroatoms. The zero-order valence-electron chi connectivity index (χ0n) is 21.7. The number of ketones is 1. The van der Waals surface area contributed by atoms with Gasteiger partial charge in [0.2, 0.25) is 0 Å². The lowest BCUT2D eigenvalue weighted by molar-refractivity contribution is -0.123. The Kier molecular flexibility index (Phi) is 3.56. The number of aromatic nitrogens is 3. The largest absolute Gasteiger partial charge is 0.441 e. The summed E-state index contributed by atoms with van der Waals surface area (Å²) >= 11 is 0. The molecule has 1 fully saturated rings. The lowest BCUT2D eigenvalue weighted by Crippen LogP contribution is -2.34. The molecule has 1 aliphatic carbocycles. The van der Waals surface area contributed by atoms with E-state index < -0.39 is 20.0 Å². The molecule has 2 heterocycles. The quantitative estimate of drug-likeness (QED) is 0.666. The van der Waals surface area contributed by atoms with E-state index in [0.717, 1.165) is 10.9 Å². The number of rotatable bonds is 5. The second-order valence-corrected chi connectivity index (χ2v) is 7.32. The molecule has 4 rings (SSSR count). The van der Waals surface area contributed by atoms with E-state index in [1.165, 1.54) is 0 Å². The summed E-state index contributed by atoms with van der Waals surface area (Å²) in [5.74, 6) is 1.33. The van der Waals surface area contributed by atoms with Crippen LogP contribution in [0.5, 0.6) is 0 Å². The third-order valence-electron chi connectivity index (χ3n) is 5.39. The lowest BCUT2D eigenvalue weighted by atomic mass is 9.82. The van der Waals surface area contributed by atoms with Gasteiger partial charge in [-0.3, -0.25) is 4.79 Å². The van der Waals surface area contributed by atoms with Crippen molar-refractivity contribution in [2.45, 2.75) is 45.1 Å². The van der Waals surface area contributed by atoms with Gasteiger partial charge in [-0.25, -0.2) is 15.0 Å². The summed E-state index contributed by atoms with van der Waals surface area (Å²) in [4.78, 5) is 26.6. The van der Waals surface area contributed by atoms with Crippen LogP contribution in [0.15, 0.2) is 35.0 Å². The van der Waals surface area contributed by atoms with Crippen LogP contribution in [0.1, 0.15) is 45.6 Å². The summed E-state index contributed by atoms with van der Waals surface area (Å²) in [6, 6.07) is 5.04. The van der Waals surface area contributed by atoms with Gasteiger partial charge in [-0.05, 0) is 45.7 Å². The molecule has 3 aromatic rings. The number of carbonyl (C=O) groups is 1. The van der Waals surface area contributed by atoms with Crippen LogP contribution in [0.25, 0.3) is 22.2 Å². The molecule has 0 atom stereocenters. The third-order valence-corrected chi connectivity index (χ3v) is 5.39. The Bertz CT molecular complexity index is 1170. The first-order chi connectivity index (χ1) is 15.9. The van der Waals surface area contributed by atoms with E-state index in [1.807, 2.05) is 18.2 Å². The maximum atomic E-state index is 12.9. The van der Waals surface area contributed by atoms with Crippen LogP contribution >= 0.6 is 0 Å². The van der Waals surface area contributed by atoms with Gasteiger partial charge in [-0.15, -0.1) is 0 Å². The summed E-state index contributed by atoms with van der Waals surface area (Å²) in [5, 5.41) is 0.839. The highest BCUT2D eigenvalue weighted by molar-refractivity contribution is 5.85. The molecule has 146 valence electrons. The fourth-order valence-electron chi connectivity index (χ4n) is 3.75. The minimum atomic E-state index is -2.71. The van der Waals surface area contributed by atoms with E-state index in [4.69, 9.17) is 12.6 Å². The Balaban J connectivity index is 1.43. The molecule has 0 amide bonds. The van der Waals surface area contributed by atoms with Crippen molar-refractivity contribution in [3.8, 4) is 11.3 Å². The number of hydrogen-bond donors (Lipinski definition) is 0. The van der Waals surface area contributed by atoms with E-state index in [-0.39, 0.29) is 18.1 Å². The molecule has 1 aliphatic rings. The van der Waals surface area contributed by atoms with Crippen molar-refractivity contribution in [1.82, 2.24) is 19.9 Å². The molecule has 1 aromatic carbocycles. The lowest BCUT2D eigenvalue weighted by Gasteiger charge is -2.31. The number of hydrogen-bond acceptors (Lipinski definition) is 6. The minimum absolute atomic E-state index is 0.0193. The first-order valence-electron chi connectivity index (χ1n) is 12.4. The third kappa shape index (κ3) is 3.97. The van der Waals surface area contributed by atoms with Crippen molar-refractivity contribution in [2.75, 3.05) is 14.0 Å². The molecule has 0 N–H and O–H groups in total. The van der Waals surface area contributed by atoms with Gasteiger partial charge in [0.25, 0.3) is 0 Å². The second kappa shape index (κ2) is 7.80. The average Bonchev–Trinajstić information content (AvgIpc) is 3.18. The SMILES string of the molecule is [2H]C([2H])([2H])N(C1CCC(C(=O)Cc2ncc3ccc(-c4cnc(C)o4)cc3n2)CC1)C([2H])([2H])[2H]. The maximum absolute atomic E-state index is 12.9. The van der Waals surface area contributed by atoms with Crippen molar-refractivity contribution < 1.29 is 17.4 Å². The van der Waals surface area contributed by atoms with Crippen molar-refractivity contribution in [1.29, 1.82) is 0 Å². The highest BCUT2D eigenvalue weighted by Gasteiger charge is 2.27. The Morgan fingerprint density at radius 1 is 1.21 bits per heavy atom. The fraction of sp³-hybridized carbons (Fsp3) is 0.455. The van der Waals surface area contributed by atoms with Gasteiger partial charge < -0.3 is 9.32 Å². The fourth-order valence-corrected chi connectivity index (χ4v) is 3.75. The molecular weight excluding hydrogens is 352 g/mol. The predicted molar refractivity (Wildman–Crippen MR) is 108 cm³/mol. The normalized spacial score (nSPS) is 24.1. The highest BCUT2D eigenvalue weighted by atomic mass is 16.4. The van der Waals surface area contributed by atoms with E-state index in [9.17, 15) is 4.79 Å². The predicted octanol–water partition coefficient (Wildman–Crippen LogP) is 3.83. The molecule has 0 radical (unpaired) electrons. The Morgan fingerprint density at radius 2 is 2.04 bits per heavy atom. The van der Waals surface area contributed by atoms with Crippen molar-refractivity contribution in [3.05, 3.63) is 42.3 Å². The molecule has 2 aromatic heterocycles. The number of fused-ring (bicyclic) bond motifs is 1. The monoisotopic (exact) mass is 384 g/mol. The van der Waals surface area contributed by atoms with Crippen molar-refractivity contribution >= 4 is 16.7 Å². The van der Waals surface area contributed by atoms with Gasteiger partial charge in [0, 0.05) is 44.3 Å².